The van der Waals surface area contributed by atoms with Gasteiger partial charge in [0.15, 0.2) is 5.82 Å². The van der Waals surface area contributed by atoms with E-state index >= 15 is 0 Å². The van der Waals surface area contributed by atoms with E-state index in [1.165, 1.54) is 4.31 Å². The van der Waals surface area contributed by atoms with Crippen LogP contribution in [0.2, 0.25) is 0 Å². The molecule has 7 nitrogen and oxygen atoms in total. The average molecular weight is 315 g/mol. The fourth-order valence-corrected chi connectivity index (χ4v) is 3.74. The van der Waals surface area contributed by atoms with Gasteiger partial charge in [-0.05, 0) is 19.8 Å². The number of carbonyl (C=O) groups excluding carboxylic acids is 1. The van der Waals surface area contributed by atoms with E-state index in [4.69, 9.17) is 4.52 Å². The average Bonchev–Trinajstić information content (AvgIpc) is 2.81. The van der Waals surface area contributed by atoms with Crippen LogP contribution in [0.15, 0.2) is 10.6 Å². The first-order valence-corrected chi connectivity index (χ1v) is 8.91. The summed E-state index contributed by atoms with van der Waals surface area (Å²) in [4.78, 5) is 12.0. The summed E-state index contributed by atoms with van der Waals surface area (Å²) in [7, 11) is -3.42. The number of hydrogen-bond acceptors (Lipinski definition) is 5. The molecule has 1 fully saturated rings. The van der Waals surface area contributed by atoms with E-state index in [9.17, 15) is 13.2 Å². The highest BCUT2D eigenvalue weighted by Crippen LogP contribution is 2.24. The zero-order valence-corrected chi connectivity index (χ0v) is 13.1. The van der Waals surface area contributed by atoms with Crippen LogP contribution in [0.25, 0.3) is 0 Å². The van der Waals surface area contributed by atoms with Crippen LogP contribution in [0.1, 0.15) is 37.9 Å². The van der Waals surface area contributed by atoms with Crippen molar-refractivity contribution in [2.45, 2.75) is 45.1 Å². The molecular weight excluding hydrogens is 294 g/mol. The number of aryl methyl sites for hydroxylation is 1. The van der Waals surface area contributed by atoms with Crippen molar-refractivity contribution in [1.82, 2.24) is 9.46 Å². The van der Waals surface area contributed by atoms with Gasteiger partial charge in [-0.1, -0.05) is 24.4 Å². The van der Waals surface area contributed by atoms with Crippen molar-refractivity contribution in [1.29, 1.82) is 0 Å². The molecule has 0 unspecified atom stereocenters. The van der Waals surface area contributed by atoms with Crippen LogP contribution in [0.4, 0.5) is 5.82 Å². The molecule has 0 aromatic carbocycles. The lowest BCUT2D eigenvalue weighted by atomic mass is 9.95. The molecule has 1 aliphatic carbocycles. The third kappa shape index (κ3) is 4.53. The smallest absolute Gasteiger partial charge is 0.240 e. The number of rotatable bonds is 5. The molecule has 0 bridgehead atoms. The Hall–Kier alpha value is -1.41. The van der Waals surface area contributed by atoms with Crippen molar-refractivity contribution >= 4 is 21.7 Å². The lowest BCUT2D eigenvalue weighted by Gasteiger charge is -2.31. The van der Waals surface area contributed by atoms with Gasteiger partial charge >= 0.3 is 0 Å². The summed E-state index contributed by atoms with van der Waals surface area (Å²) in [5, 5.41) is 6.22. The standard InChI is InChI=1S/C13H21N3O4S/c1-10-8-12(15-20-10)14-13(17)9-16(21(2,18)19)11-6-4-3-5-7-11/h8,11H,3-7,9H2,1-2H3,(H,14,15,17). The number of hydrogen-bond donors (Lipinski definition) is 1. The first-order valence-electron chi connectivity index (χ1n) is 7.06. The first-order chi connectivity index (χ1) is 9.86. The monoisotopic (exact) mass is 315 g/mol. The third-order valence-corrected chi connectivity index (χ3v) is 4.88. The lowest BCUT2D eigenvalue weighted by molar-refractivity contribution is -0.116. The molecule has 0 spiro atoms. The van der Waals surface area contributed by atoms with Crippen molar-refractivity contribution in [2.24, 2.45) is 0 Å². The van der Waals surface area contributed by atoms with Crippen molar-refractivity contribution < 1.29 is 17.7 Å². The topological polar surface area (TPSA) is 92.5 Å². The minimum atomic E-state index is -3.42. The number of sulfonamides is 1. The van der Waals surface area contributed by atoms with E-state index in [2.05, 4.69) is 10.5 Å². The normalized spacial score (nSPS) is 17.1. The minimum Gasteiger partial charge on any atom is -0.360 e. The van der Waals surface area contributed by atoms with Gasteiger partial charge in [-0.2, -0.15) is 4.31 Å². The maximum absolute atomic E-state index is 12.0. The molecule has 1 N–H and O–H groups in total. The van der Waals surface area contributed by atoms with Gasteiger partial charge < -0.3 is 9.84 Å². The van der Waals surface area contributed by atoms with Gasteiger partial charge in [0, 0.05) is 12.1 Å². The number of aromatic nitrogens is 1. The Kier molecular flexibility index (Phi) is 5.00. The van der Waals surface area contributed by atoms with E-state index in [1.54, 1.807) is 13.0 Å². The van der Waals surface area contributed by atoms with Crippen molar-refractivity contribution in [3.05, 3.63) is 11.8 Å². The number of anilines is 1. The van der Waals surface area contributed by atoms with Crippen LogP contribution in [-0.4, -0.2) is 42.6 Å². The molecular formula is C13H21N3O4S. The van der Waals surface area contributed by atoms with E-state index in [-0.39, 0.29) is 12.6 Å². The molecule has 0 atom stereocenters. The Morgan fingerprint density at radius 1 is 1.43 bits per heavy atom. The fraction of sp³-hybridized carbons (Fsp3) is 0.692. The van der Waals surface area contributed by atoms with E-state index in [1.807, 2.05) is 0 Å². The summed E-state index contributed by atoms with van der Waals surface area (Å²) < 4.78 is 30.0. The van der Waals surface area contributed by atoms with E-state index < -0.39 is 15.9 Å². The summed E-state index contributed by atoms with van der Waals surface area (Å²) in [6.45, 7) is 1.53. The second-order valence-electron chi connectivity index (χ2n) is 5.47. The maximum atomic E-state index is 12.0. The second kappa shape index (κ2) is 6.57. The van der Waals surface area contributed by atoms with Gasteiger partial charge in [-0.3, -0.25) is 4.79 Å². The molecule has 1 amide bonds. The quantitative estimate of drug-likeness (QED) is 0.889. The number of carbonyl (C=O) groups is 1. The summed E-state index contributed by atoms with van der Waals surface area (Å²) in [5.74, 6) is 0.478. The highest BCUT2D eigenvalue weighted by molar-refractivity contribution is 7.88. The van der Waals surface area contributed by atoms with Gasteiger partial charge in [0.1, 0.15) is 5.76 Å². The summed E-state index contributed by atoms with van der Waals surface area (Å²) >= 11 is 0. The molecule has 21 heavy (non-hydrogen) atoms. The Morgan fingerprint density at radius 3 is 2.62 bits per heavy atom. The summed E-state index contributed by atoms with van der Waals surface area (Å²) in [5.41, 5.74) is 0. The number of nitrogens with zero attached hydrogens (tertiary/aromatic N) is 2. The molecule has 1 aromatic heterocycles. The van der Waals surface area contributed by atoms with Gasteiger partial charge in [-0.25, -0.2) is 8.42 Å². The van der Waals surface area contributed by atoms with Crippen molar-refractivity contribution in [2.75, 3.05) is 18.1 Å². The molecule has 2 rings (SSSR count). The van der Waals surface area contributed by atoms with Gasteiger partial charge in [0.2, 0.25) is 15.9 Å². The highest BCUT2D eigenvalue weighted by Gasteiger charge is 2.30. The maximum Gasteiger partial charge on any atom is 0.240 e. The predicted octanol–water partition coefficient (Wildman–Crippen LogP) is 1.52. The Balaban J connectivity index is 2.02. The molecule has 118 valence electrons. The van der Waals surface area contributed by atoms with Crippen LogP contribution in [-0.2, 0) is 14.8 Å². The minimum absolute atomic E-state index is 0.0847. The second-order valence-corrected chi connectivity index (χ2v) is 7.41. The SMILES string of the molecule is Cc1cc(NC(=O)CN(C2CCCCC2)S(C)(=O)=O)no1. The predicted molar refractivity (Wildman–Crippen MR) is 78.3 cm³/mol. The Labute approximate surface area is 124 Å². The van der Waals surface area contributed by atoms with Crippen molar-refractivity contribution in [3.8, 4) is 0 Å². The lowest BCUT2D eigenvalue weighted by Crippen LogP contribution is -2.45. The third-order valence-electron chi connectivity index (χ3n) is 3.60. The van der Waals surface area contributed by atoms with E-state index in [0.717, 1.165) is 38.4 Å². The first kappa shape index (κ1) is 16.0. The molecule has 0 aliphatic heterocycles. The highest BCUT2D eigenvalue weighted by atomic mass is 32.2. The zero-order chi connectivity index (χ0) is 15.5. The molecule has 1 aromatic rings. The molecule has 0 saturated heterocycles. The van der Waals surface area contributed by atoms with Crippen LogP contribution < -0.4 is 5.32 Å². The number of nitrogens with one attached hydrogen (secondary N) is 1. The fourth-order valence-electron chi connectivity index (χ4n) is 2.64. The molecule has 8 heteroatoms. The van der Waals surface area contributed by atoms with Crippen molar-refractivity contribution in [3.63, 3.8) is 0 Å². The van der Waals surface area contributed by atoms with Crippen LogP contribution in [0.5, 0.6) is 0 Å². The van der Waals surface area contributed by atoms with Gasteiger partial charge in [-0.15, -0.1) is 0 Å². The Bertz CT molecular complexity index is 590. The largest absolute Gasteiger partial charge is 0.360 e. The van der Waals surface area contributed by atoms with Crippen LogP contribution in [0.3, 0.4) is 0 Å². The van der Waals surface area contributed by atoms with Gasteiger partial charge in [0.25, 0.3) is 0 Å². The van der Waals surface area contributed by atoms with E-state index in [0.29, 0.717) is 11.6 Å². The molecule has 0 radical (unpaired) electrons. The number of amides is 1. The Morgan fingerprint density at radius 2 is 2.10 bits per heavy atom. The van der Waals surface area contributed by atoms with Gasteiger partial charge in [0.05, 0.1) is 12.8 Å². The zero-order valence-electron chi connectivity index (χ0n) is 12.3. The molecule has 1 aliphatic rings. The summed E-state index contributed by atoms with van der Waals surface area (Å²) in [6, 6.07) is 1.50. The van der Waals surface area contributed by atoms with Crippen LogP contribution >= 0.6 is 0 Å². The molecule has 1 heterocycles. The molecule has 1 saturated carbocycles. The van der Waals surface area contributed by atoms with Crippen LogP contribution in [0, 0.1) is 6.92 Å². The summed E-state index contributed by atoms with van der Waals surface area (Å²) in [6.07, 6.45) is 5.89.